The Hall–Kier alpha value is -1.12. The molecule has 3 heteroatoms. The van der Waals surface area contributed by atoms with E-state index in [1.54, 1.807) is 6.08 Å². The van der Waals surface area contributed by atoms with Crippen LogP contribution in [0.4, 0.5) is 0 Å². The fraction of sp³-hybridized carbons (Fsp3) is 0.400. The first kappa shape index (κ1) is 16.9. The summed E-state index contributed by atoms with van der Waals surface area (Å²) in [5.74, 6) is 0.210. The average molecular weight is 268 g/mol. The van der Waals surface area contributed by atoms with E-state index < -0.39 is 0 Å². The van der Waals surface area contributed by atoms with Crippen LogP contribution in [0, 0.1) is 0 Å². The van der Waals surface area contributed by atoms with Crippen molar-refractivity contribution in [3.05, 3.63) is 42.0 Å². The maximum atomic E-state index is 11.6. The highest BCUT2D eigenvalue weighted by atomic mass is 35.5. The second-order valence-electron chi connectivity index (χ2n) is 5.33. The first-order chi connectivity index (χ1) is 7.97. The van der Waals surface area contributed by atoms with Gasteiger partial charge >= 0.3 is 0 Å². The maximum absolute atomic E-state index is 11.6. The Morgan fingerprint density at radius 3 is 2.33 bits per heavy atom. The smallest absolute Gasteiger partial charge is 0.155 e. The van der Waals surface area contributed by atoms with E-state index in [9.17, 15) is 4.79 Å². The summed E-state index contributed by atoms with van der Waals surface area (Å²) in [6.07, 6.45) is 5.15. The summed E-state index contributed by atoms with van der Waals surface area (Å²) in [4.78, 5) is 11.6. The molecule has 0 aliphatic heterocycles. The van der Waals surface area contributed by atoms with Gasteiger partial charge in [0.2, 0.25) is 0 Å². The van der Waals surface area contributed by atoms with E-state index in [-0.39, 0.29) is 18.2 Å². The number of carbonyl (C=O) groups excluding carboxylic acids is 1. The van der Waals surface area contributed by atoms with Crippen molar-refractivity contribution in [3.8, 4) is 0 Å². The van der Waals surface area contributed by atoms with Gasteiger partial charge in [-0.25, -0.2) is 0 Å². The van der Waals surface area contributed by atoms with E-state index in [4.69, 9.17) is 0 Å². The van der Waals surface area contributed by atoms with Crippen molar-refractivity contribution in [1.82, 2.24) is 0 Å². The normalized spacial score (nSPS) is 11.3. The molecular weight excluding hydrogens is 246 g/mol. The Morgan fingerprint density at radius 2 is 1.78 bits per heavy atom. The fourth-order valence-corrected chi connectivity index (χ4v) is 1.56. The number of rotatable bonds is 6. The average Bonchev–Trinajstić information content (AvgIpc) is 2.26. The summed E-state index contributed by atoms with van der Waals surface area (Å²) >= 11 is 0. The second-order valence-corrected chi connectivity index (χ2v) is 5.33. The van der Waals surface area contributed by atoms with Crippen molar-refractivity contribution < 1.29 is 21.7 Å². The molecule has 18 heavy (non-hydrogen) atoms. The number of quaternary nitrogens is 1. The Kier molecular flexibility index (Phi) is 7.56. The highest BCUT2D eigenvalue weighted by Gasteiger charge is 2.07. The van der Waals surface area contributed by atoms with Crippen LogP contribution >= 0.6 is 0 Å². The van der Waals surface area contributed by atoms with Gasteiger partial charge in [0.25, 0.3) is 0 Å². The molecule has 0 amide bonds. The van der Waals surface area contributed by atoms with Crippen LogP contribution in [0.3, 0.4) is 0 Å². The molecule has 0 aliphatic carbocycles. The molecule has 0 bridgehead atoms. The molecule has 0 saturated carbocycles. The molecule has 0 unspecified atom stereocenters. The number of allylic oxidation sites excluding steroid dienone is 1. The third-order valence-corrected chi connectivity index (χ3v) is 2.51. The van der Waals surface area contributed by atoms with Gasteiger partial charge in [0.05, 0.1) is 27.7 Å². The van der Waals surface area contributed by atoms with Gasteiger partial charge in [-0.2, -0.15) is 0 Å². The topological polar surface area (TPSA) is 17.1 Å². The summed E-state index contributed by atoms with van der Waals surface area (Å²) < 4.78 is 0.912. The van der Waals surface area contributed by atoms with E-state index >= 15 is 0 Å². The summed E-state index contributed by atoms with van der Waals surface area (Å²) in [5.41, 5.74) is 1.08. The Labute approximate surface area is 116 Å². The lowest BCUT2D eigenvalue weighted by Crippen LogP contribution is -3.00. The molecule has 1 aromatic carbocycles. The van der Waals surface area contributed by atoms with E-state index in [1.165, 1.54) is 0 Å². The summed E-state index contributed by atoms with van der Waals surface area (Å²) in [5, 5.41) is 0. The summed E-state index contributed by atoms with van der Waals surface area (Å²) in [6.45, 7) is 1.03. The minimum absolute atomic E-state index is 0. The van der Waals surface area contributed by atoms with Crippen molar-refractivity contribution in [2.75, 3.05) is 27.7 Å². The van der Waals surface area contributed by atoms with Crippen LogP contribution in [0.2, 0.25) is 0 Å². The third kappa shape index (κ3) is 8.04. The number of carbonyl (C=O) groups is 1. The number of ketones is 1. The highest BCUT2D eigenvalue weighted by Crippen LogP contribution is 2.03. The van der Waals surface area contributed by atoms with Crippen molar-refractivity contribution in [2.24, 2.45) is 0 Å². The fourth-order valence-electron chi connectivity index (χ4n) is 1.56. The molecule has 0 N–H and O–H groups in total. The maximum Gasteiger partial charge on any atom is 0.155 e. The first-order valence-electron chi connectivity index (χ1n) is 6.04. The Balaban J connectivity index is 0.00000289. The van der Waals surface area contributed by atoms with Crippen molar-refractivity contribution >= 4 is 11.9 Å². The number of benzene rings is 1. The van der Waals surface area contributed by atoms with Crippen molar-refractivity contribution in [2.45, 2.75) is 12.8 Å². The van der Waals surface area contributed by atoms with Gasteiger partial charge in [0.1, 0.15) is 0 Å². The lowest BCUT2D eigenvalue weighted by molar-refractivity contribution is -0.870. The monoisotopic (exact) mass is 267 g/mol. The zero-order chi connectivity index (χ0) is 12.7. The van der Waals surface area contributed by atoms with Gasteiger partial charge in [-0.3, -0.25) is 4.79 Å². The molecule has 0 aliphatic rings. The third-order valence-electron chi connectivity index (χ3n) is 2.51. The predicted octanol–water partition coefficient (Wildman–Crippen LogP) is -0.241. The Bertz CT molecular complexity index is 379. The van der Waals surface area contributed by atoms with Crippen LogP contribution in [0.15, 0.2) is 36.4 Å². The molecule has 0 atom stereocenters. The summed E-state index contributed by atoms with van der Waals surface area (Å²) in [7, 11) is 6.43. The number of nitrogens with zero attached hydrogens (tertiary/aromatic N) is 1. The van der Waals surface area contributed by atoms with Gasteiger partial charge in [0.15, 0.2) is 5.78 Å². The molecule has 0 fully saturated rings. The zero-order valence-electron chi connectivity index (χ0n) is 11.4. The lowest BCUT2D eigenvalue weighted by atomic mass is 10.1. The van der Waals surface area contributed by atoms with Crippen LogP contribution in [0.1, 0.15) is 18.4 Å². The zero-order valence-corrected chi connectivity index (χ0v) is 12.2. The summed E-state index contributed by atoms with van der Waals surface area (Å²) in [6, 6.07) is 9.91. The largest absolute Gasteiger partial charge is 1.00 e. The second kappa shape index (κ2) is 8.06. The van der Waals surface area contributed by atoms with Crippen LogP contribution < -0.4 is 12.4 Å². The van der Waals surface area contributed by atoms with Gasteiger partial charge in [0, 0.05) is 12.8 Å². The van der Waals surface area contributed by atoms with Crippen molar-refractivity contribution in [1.29, 1.82) is 0 Å². The predicted molar refractivity (Wildman–Crippen MR) is 72.6 cm³/mol. The SMILES string of the molecule is C[N+](C)(C)CCCC(=O)C=Cc1ccccc1.[Cl-]. The lowest BCUT2D eigenvalue weighted by Gasteiger charge is -2.23. The minimum Gasteiger partial charge on any atom is -1.00 e. The molecule has 100 valence electrons. The van der Waals surface area contributed by atoms with E-state index in [0.29, 0.717) is 6.42 Å². The van der Waals surface area contributed by atoms with E-state index in [1.807, 2.05) is 36.4 Å². The van der Waals surface area contributed by atoms with Crippen LogP contribution in [-0.4, -0.2) is 38.0 Å². The first-order valence-corrected chi connectivity index (χ1v) is 6.04. The molecule has 1 aromatic rings. The number of halogens is 1. The Morgan fingerprint density at radius 1 is 1.17 bits per heavy atom. The molecular formula is C15H22ClNO. The van der Waals surface area contributed by atoms with Crippen LogP contribution in [0.25, 0.3) is 6.08 Å². The number of hydrogen-bond donors (Lipinski definition) is 0. The standard InChI is InChI=1S/C15H22NO.ClH/c1-16(2,3)13-7-10-15(17)12-11-14-8-5-4-6-9-14;/h4-6,8-9,11-12H,7,10,13H2,1-3H3;1H/q+1;/p-1. The molecule has 1 rings (SSSR count). The molecule has 0 saturated heterocycles. The van der Waals surface area contributed by atoms with Crippen LogP contribution in [0.5, 0.6) is 0 Å². The number of hydrogen-bond acceptors (Lipinski definition) is 1. The van der Waals surface area contributed by atoms with E-state index in [0.717, 1.165) is 23.0 Å². The quantitative estimate of drug-likeness (QED) is 0.514. The molecule has 2 nitrogen and oxygen atoms in total. The molecule has 0 spiro atoms. The minimum atomic E-state index is 0. The molecule has 0 aromatic heterocycles. The molecule has 0 radical (unpaired) electrons. The van der Waals surface area contributed by atoms with Gasteiger partial charge in [-0.15, -0.1) is 0 Å². The van der Waals surface area contributed by atoms with E-state index in [2.05, 4.69) is 21.1 Å². The van der Waals surface area contributed by atoms with Gasteiger partial charge in [-0.05, 0) is 11.6 Å². The van der Waals surface area contributed by atoms with Gasteiger partial charge in [-0.1, -0.05) is 36.4 Å². The molecule has 0 heterocycles. The highest BCUT2D eigenvalue weighted by molar-refractivity contribution is 5.93. The van der Waals surface area contributed by atoms with Crippen LogP contribution in [-0.2, 0) is 4.79 Å². The van der Waals surface area contributed by atoms with Gasteiger partial charge < -0.3 is 16.9 Å². The van der Waals surface area contributed by atoms with Crippen molar-refractivity contribution in [3.63, 3.8) is 0 Å².